The average Bonchev–Trinajstić information content (AvgIpc) is 3.10. The van der Waals surface area contributed by atoms with Crippen LogP contribution in [0.1, 0.15) is 28.8 Å². The van der Waals surface area contributed by atoms with Crippen LogP contribution in [0.4, 0.5) is 5.69 Å². The molecule has 4 nitrogen and oxygen atoms in total. The highest BCUT2D eigenvalue weighted by atomic mass is 79.9. The summed E-state index contributed by atoms with van der Waals surface area (Å²) in [7, 11) is 0. The first kappa shape index (κ1) is 17.3. The minimum atomic E-state index is -0.269. The molecule has 5 heteroatoms. The van der Waals surface area contributed by atoms with Gasteiger partial charge < -0.3 is 14.5 Å². The number of rotatable bonds is 6. The number of hydrogen-bond acceptors (Lipinski definition) is 3. The van der Waals surface area contributed by atoms with Crippen molar-refractivity contribution in [2.75, 3.05) is 5.32 Å². The summed E-state index contributed by atoms with van der Waals surface area (Å²) in [4.78, 5) is 12.4. The third-order valence-corrected chi connectivity index (χ3v) is 4.20. The predicted molar refractivity (Wildman–Crippen MR) is 101 cm³/mol. The first-order valence-electron chi connectivity index (χ1n) is 8.02. The van der Waals surface area contributed by atoms with Gasteiger partial charge in [0.05, 0.1) is 0 Å². The molecule has 0 fully saturated rings. The van der Waals surface area contributed by atoms with Crippen LogP contribution in [0, 0.1) is 0 Å². The summed E-state index contributed by atoms with van der Waals surface area (Å²) in [6, 6.07) is 18.7. The van der Waals surface area contributed by atoms with Gasteiger partial charge in [0.1, 0.15) is 18.1 Å². The van der Waals surface area contributed by atoms with Gasteiger partial charge in [-0.25, -0.2) is 0 Å². The van der Waals surface area contributed by atoms with Gasteiger partial charge in [0.15, 0.2) is 5.76 Å². The number of furan rings is 1. The van der Waals surface area contributed by atoms with E-state index in [9.17, 15) is 4.79 Å². The molecule has 3 aromatic rings. The Hall–Kier alpha value is -2.53. The molecule has 0 atom stereocenters. The lowest BCUT2D eigenvalue weighted by Gasteiger charge is -2.08. The van der Waals surface area contributed by atoms with E-state index in [-0.39, 0.29) is 18.3 Å². The van der Waals surface area contributed by atoms with Crippen molar-refractivity contribution in [1.29, 1.82) is 0 Å². The largest absolute Gasteiger partial charge is 0.486 e. The maximum absolute atomic E-state index is 12.4. The summed E-state index contributed by atoms with van der Waals surface area (Å²) in [5.41, 5.74) is 1.89. The standard InChI is InChI=1S/C20H18BrNO3/c1-2-14-6-3-4-9-18(14)22-20(23)19-11-10-17(25-19)13-24-16-8-5-7-15(21)12-16/h3-12H,2,13H2,1H3,(H,22,23). The summed E-state index contributed by atoms with van der Waals surface area (Å²) in [6.07, 6.45) is 0.848. The van der Waals surface area contributed by atoms with E-state index < -0.39 is 0 Å². The fourth-order valence-corrected chi connectivity index (χ4v) is 2.80. The second kappa shape index (κ2) is 8.03. The highest BCUT2D eigenvalue weighted by Crippen LogP contribution is 2.20. The van der Waals surface area contributed by atoms with Gasteiger partial charge in [-0.05, 0) is 48.4 Å². The van der Waals surface area contributed by atoms with Crippen LogP contribution in [-0.2, 0) is 13.0 Å². The molecule has 1 heterocycles. The number of nitrogens with one attached hydrogen (secondary N) is 1. The first-order valence-corrected chi connectivity index (χ1v) is 8.81. The van der Waals surface area contributed by atoms with Crippen molar-refractivity contribution >= 4 is 27.5 Å². The quantitative estimate of drug-likeness (QED) is 0.600. The summed E-state index contributed by atoms with van der Waals surface area (Å²) in [5.74, 6) is 1.32. The molecule has 0 aliphatic carbocycles. The molecule has 0 spiro atoms. The molecule has 0 bridgehead atoms. The summed E-state index contributed by atoms with van der Waals surface area (Å²) >= 11 is 3.40. The Morgan fingerprint density at radius 3 is 2.76 bits per heavy atom. The van der Waals surface area contributed by atoms with Crippen molar-refractivity contribution in [3.63, 3.8) is 0 Å². The number of aryl methyl sites for hydroxylation is 1. The number of ether oxygens (including phenoxy) is 1. The van der Waals surface area contributed by atoms with Crippen LogP contribution in [0.5, 0.6) is 5.75 Å². The molecule has 1 amide bonds. The normalized spacial score (nSPS) is 10.5. The number of carbonyl (C=O) groups is 1. The molecule has 0 saturated carbocycles. The van der Waals surface area contributed by atoms with Crippen molar-refractivity contribution in [3.05, 3.63) is 82.2 Å². The first-order chi connectivity index (χ1) is 12.2. The highest BCUT2D eigenvalue weighted by Gasteiger charge is 2.13. The molecule has 1 aromatic heterocycles. The zero-order valence-electron chi connectivity index (χ0n) is 13.8. The monoisotopic (exact) mass is 399 g/mol. The zero-order valence-corrected chi connectivity index (χ0v) is 15.4. The fraction of sp³-hybridized carbons (Fsp3) is 0.150. The molecule has 3 rings (SSSR count). The van der Waals surface area contributed by atoms with Crippen LogP contribution < -0.4 is 10.1 Å². The van der Waals surface area contributed by atoms with E-state index >= 15 is 0 Å². The lowest BCUT2D eigenvalue weighted by molar-refractivity contribution is 0.0992. The molecular formula is C20H18BrNO3. The Kier molecular flexibility index (Phi) is 5.56. The van der Waals surface area contributed by atoms with E-state index in [1.54, 1.807) is 12.1 Å². The molecule has 1 N–H and O–H groups in total. The van der Waals surface area contributed by atoms with Gasteiger partial charge in [0.25, 0.3) is 5.91 Å². The van der Waals surface area contributed by atoms with Gasteiger partial charge in [-0.1, -0.05) is 47.1 Å². The Morgan fingerprint density at radius 2 is 1.96 bits per heavy atom. The number of anilines is 1. The van der Waals surface area contributed by atoms with Gasteiger partial charge >= 0.3 is 0 Å². The lowest BCUT2D eigenvalue weighted by atomic mass is 10.1. The number of halogens is 1. The summed E-state index contributed by atoms with van der Waals surface area (Å²) < 4.78 is 12.2. The SMILES string of the molecule is CCc1ccccc1NC(=O)c1ccc(COc2cccc(Br)c2)o1. The van der Waals surface area contributed by atoms with Crippen LogP contribution in [-0.4, -0.2) is 5.91 Å². The van der Waals surface area contributed by atoms with Crippen LogP contribution in [0.25, 0.3) is 0 Å². The third kappa shape index (κ3) is 4.51. The number of hydrogen-bond donors (Lipinski definition) is 1. The smallest absolute Gasteiger partial charge is 0.291 e. The van der Waals surface area contributed by atoms with Crippen LogP contribution in [0.2, 0.25) is 0 Å². The van der Waals surface area contributed by atoms with Crippen molar-refractivity contribution in [1.82, 2.24) is 0 Å². The Labute approximate surface area is 154 Å². The van der Waals surface area contributed by atoms with Crippen molar-refractivity contribution in [2.24, 2.45) is 0 Å². The number of benzene rings is 2. The molecule has 0 aliphatic rings. The van der Waals surface area contributed by atoms with E-state index in [4.69, 9.17) is 9.15 Å². The van der Waals surface area contributed by atoms with Crippen molar-refractivity contribution in [3.8, 4) is 5.75 Å². The second-order valence-corrected chi connectivity index (χ2v) is 6.39. The van der Waals surface area contributed by atoms with E-state index in [0.717, 1.165) is 27.9 Å². The molecule has 0 radical (unpaired) electrons. The molecule has 0 unspecified atom stereocenters. The van der Waals surface area contributed by atoms with E-state index in [0.29, 0.717) is 5.76 Å². The van der Waals surface area contributed by atoms with Crippen LogP contribution in [0.15, 0.2) is 69.6 Å². The van der Waals surface area contributed by atoms with E-state index in [2.05, 4.69) is 28.2 Å². The summed E-state index contributed by atoms with van der Waals surface area (Å²) in [6.45, 7) is 2.31. The number of carbonyl (C=O) groups excluding carboxylic acids is 1. The van der Waals surface area contributed by atoms with Gasteiger partial charge in [0, 0.05) is 10.2 Å². The number of amides is 1. The molecule has 25 heavy (non-hydrogen) atoms. The molecule has 2 aromatic carbocycles. The highest BCUT2D eigenvalue weighted by molar-refractivity contribution is 9.10. The molecule has 0 saturated heterocycles. The van der Waals surface area contributed by atoms with Crippen molar-refractivity contribution in [2.45, 2.75) is 20.0 Å². The van der Waals surface area contributed by atoms with E-state index in [1.807, 2.05) is 48.5 Å². The van der Waals surface area contributed by atoms with Gasteiger partial charge in [-0.15, -0.1) is 0 Å². The minimum Gasteiger partial charge on any atom is -0.486 e. The maximum Gasteiger partial charge on any atom is 0.291 e. The van der Waals surface area contributed by atoms with Crippen LogP contribution in [0.3, 0.4) is 0 Å². The third-order valence-electron chi connectivity index (χ3n) is 3.71. The van der Waals surface area contributed by atoms with Gasteiger partial charge in [-0.3, -0.25) is 4.79 Å². The zero-order chi connectivity index (χ0) is 17.6. The molecule has 128 valence electrons. The Balaban J connectivity index is 1.63. The Morgan fingerprint density at radius 1 is 1.12 bits per heavy atom. The van der Waals surface area contributed by atoms with Crippen molar-refractivity contribution < 1.29 is 13.9 Å². The second-order valence-electron chi connectivity index (χ2n) is 5.48. The number of para-hydroxylation sites is 1. The topological polar surface area (TPSA) is 51.5 Å². The van der Waals surface area contributed by atoms with Crippen LogP contribution >= 0.6 is 15.9 Å². The fourth-order valence-electron chi connectivity index (χ4n) is 2.42. The maximum atomic E-state index is 12.4. The minimum absolute atomic E-state index is 0.259. The summed E-state index contributed by atoms with van der Waals surface area (Å²) in [5, 5.41) is 2.89. The Bertz CT molecular complexity index is 873. The lowest BCUT2D eigenvalue weighted by Crippen LogP contribution is -2.12. The van der Waals surface area contributed by atoms with Gasteiger partial charge in [0.2, 0.25) is 0 Å². The molecular weight excluding hydrogens is 382 g/mol. The van der Waals surface area contributed by atoms with E-state index in [1.165, 1.54) is 0 Å². The predicted octanol–water partition coefficient (Wildman–Crippen LogP) is 5.44. The van der Waals surface area contributed by atoms with Gasteiger partial charge in [-0.2, -0.15) is 0 Å². The molecule has 0 aliphatic heterocycles. The average molecular weight is 400 g/mol.